The number of nitrogens with two attached hydrogens (primary N) is 1. The Kier molecular flexibility index (Phi) is 5.61. The van der Waals surface area contributed by atoms with E-state index in [2.05, 4.69) is 5.32 Å². The maximum Gasteiger partial charge on any atom is 0.244 e. The highest BCUT2D eigenvalue weighted by Crippen LogP contribution is 2.23. The fraction of sp³-hybridized carbons (Fsp3) is 0.176. The standard InChI is InChI=1S/C17H18N2O2S/c1-12(22-14-10-6-3-7-11-14)17(21)19-15(16(18)20)13-8-4-2-5-9-13/h2-12,15H,1H3,(H2,18,20)(H,19,21)/t12-,15-/m0/s1. The number of thioether (sulfide) groups is 1. The third kappa shape index (κ3) is 4.36. The first-order valence-corrected chi connectivity index (χ1v) is 7.82. The Hall–Kier alpha value is -2.27. The molecule has 2 aromatic carbocycles. The van der Waals surface area contributed by atoms with Crippen molar-refractivity contribution in [2.75, 3.05) is 0 Å². The molecule has 0 spiro atoms. The lowest BCUT2D eigenvalue weighted by Crippen LogP contribution is -2.40. The molecular weight excluding hydrogens is 296 g/mol. The second kappa shape index (κ2) is 7.66. The van der Waals surface area contributed by atoms with Crippen molar-refractivity contribution < 1.29 is 9.59 Å². The Morgan fingerprint density at radius 2 is 1.55 bits per heavy atom. The Bertz CT molecular complexity index is 632. The number of primary amides is 1. The van der Waals surface area contributed by atoms with Gasteiger partial charge in [0, 0.05) is 4.90 Å². The van der Waals surface area contributed by atoms with E-state index in [1.807, 2.05) is 36.4 Å². The molecule has 0 saturated heterocycles. The monoisotopic (exact) mass is 314 g/mol. The van der Waals surface area contributed by atoms with Gasteiger partial charge in [0.25, 0.3) is 0 Å². The van der Waals surface area contributed by atoms with Crippen molar-refractivity contribution in [1.29, 1.82) is 0 Å². The second-order valence-corrected chi connectivity index (χ2v) is 6.24. The Labute approximate surface area is 134 Å². The van der Waals surface area contributed by atoms with Crippen molar-refractivity contribution in [3.05, 3.63) is 66.2 Å². The Morgan fingerprint density at radius 3 is 2.09 bits per heavy atom. The number of benzene rings is 2. The van der Waals surface area contributed by atoms with E-state index in [4.69, 9.17) is 5.73 Å². The molecule has 3 N–H and O–H groups in total. The summed E-state index contributed by atoms with van der Waals surface area (Å²) in [5, 5.41) is 2.39. The first-order chi connectivity index (χ1) is 10.6. The molecule has 0 aromatic heterocycles. The van der Waals surface area contributed by atoms with Crippen LogP contribution in [0, 0.1) is 0 Å². The molecule has 0 aliphatic rings. The summed E-state index contributed by atoms with van der Waals surface area (Å²) in [5.41, 5.74) is 6.09. The van der Waals surface area contributed by atoms with Gasteiger partial charge < -0.3 is 11.1 Å². The number of carbonyl (C=O) groups is 2. The average Bonchev–Trinajstić information content (AvgIpc) is 2.53. The third-order valence-corrected chi connectivity index (χ3v) is 4.24. The summed E-state index contributed by atoms with van der Waals surface area (Å²) in [4.78, 5) is 24.9. The van der Waals surface area contributed by atoms with Crippen LogP contribution in [-0.2, 0) is 9.59 Å². The largest absolute Gasteiger partial charge is 0.368 e. The number of hydrogen-bond acceptors (Lipinski definition) is 3. The lowest BCUT2D eigenvalue weighted by molar-refractivity contribution is -0.127. The van der Waals surface area contributed by atoms with Crippen LogP contribution >= 0.6 is 11.8 Å². The van der Waals surface area contributed by atoms with Crippen LogP contribution in [0.1, 0.15) is 18.5 Å². The normalized spacial score (nSPS) is 13.1. The van der Waals surface area contributed by atoms with Gasteiger partial charge in [0.05, 0.1) is 5.25 Å². The minimum Gasteiger partial charge on any atom is -0.368 e. The lowest BCUT2D eigenvalue weighted by atomic mass is 10.1. The van der Waals surface area contributed by atoms with E-state index in [0.717, 1.165) is 4.90 Å². The molecule has 0 unspecified atom stereocenters. The second-order valence-electron chi connectivity index (χ2n) is 4.83. The van der Waals surface area contributed by atoms with E-state index >= 15 is 0 Å². The molecule has 0 aliphatic carbocycles. The van der Waals surface area contributed by atoms with Gasteiger partial charge in [-0.2, -0.15) is 0 Å². The van der Waals surface area contributed by atoms with Crippen molar-refractivity contribution in [3.63, 3.8) is 0 Å². The maximum atomic E-state index is 12.3. The summed E-state index contributed by atoms with van der Waals surface area (Å²) >= 11 is 1.44. The van der Waals surface area contributed by atoms with Crippen LogP contribution < -0.4 is 11.1 Å². The molecule has 2 amide bonds. The van der Waals surface area contributed by atoms with E-state index in [1.165, 1.54) is 11.8 Å². The molecule has 2 aromatic rings. The topological polar surface area (TPSA) is 72.2 Å². The van der Waals surface area contributed by atoms with Crippen molar-refractivity contribution in [3.8, 4) is 0 Å². The molecule has 114 valence electrons. The Morgan fingerprint density at radius 1 is 1.00 bits per heavy atom. The molecule has 4 nitrogen and oxygen atoms in total. The van der Waals surface area contributed by atoms with Crippen LogP contribution in [0.15, 0.2) is 65.6 Å². The predicted octanol–water partition coefficient (Wildman–Crippen LogP) is 2.51. The molecule has 5 heteroatoms. The van der Waals surface area contributed by atoms with Crippen LogP contribution in [0.5, 0.6) is 0 Å². The van der Waals surface area contributed by atoms with Crippen molar-refractivity contribution in [2.24, 2.45) is 5.73 Å². The van der Waals surface area contributed by atoms with Gasteiger partial charge in [0.1, 0.15) is 6.04 Å². The van der Waals surface area contributed by atoms with E-state index in [9.17, 15) is 9.59 Å². The van der Waals surface area contributed by atoms with Crippen molar-refractivity contribution in [1.82, 2.24) is 5.32 Å². The maximum absolute atomic E-state index is 12.3. The minimum absolute atomic E-state index is 0.221. The smallest absolute Gasteiger partial charge is 0.244 e. The van der Waals surface area contributed by atoms with Gasteiger partial charge in [-0.3, -0.25) is 9.59 Å². The van der Waals surface area contributed by atoms with E-state index < -0.39 is 11.9 Å². The highest BCUT2D eigenvalue weighted by molar-refractivity contribution is 8.00. The molecule has 0 radical (unpaired) electrons. The number of nitrogens with one attached hydrogen (secondary N) is 1. The summed E-state index contributed by atoms with van der Waals surface area (Å²) < 4.78 is 0. The highest BCUT2D eigenvalue weighted by atomic mass is 32.2. The number of carbonyl (C=O) groups excluding carboxylic acids is 2. The molecule has 0 bridgehead atoms. The summed E-state index contributed by atoms with van der Waals surface area (Å²) in [5.74, 6) is -0.794. The zero-order valence-corrected chi connectivity index (χ0v) is 13.0. The summed E-state index contributed by atoms with van der Waals surface area (Å²) in [7, 11) is 0. The molecule has 0 aliphatic heterocycles. The van der Waals surface area contributed by atoms with Crippen LogP contribution in [0.4, 0.5) is 0 Å². The van der Waals surface area contributed by atoms with Gasteiger partial charge in [-0.1, -0.05) is 48.5 Å². The number of rotatable bonds is 6. The summed E-state index contributed by atoms with van der Waals surface area (Å²) in [6.45, 7) is 1.80. The lowest BCUT2D eigenvalue weighted by Gasteiger charge is -2.18. The fourth-order valence-corrected chi connectivity index (χ4v) is 2.88. The van der Waals surface area contributed by atoms with Crippen LogP contribution in [0.3, 0.4) is 0 Å². The molecule has 0 heterocycles. The first-order valence-electron chi connectivity index (χ1n) is 6.94. The Balaban J connectivity index is 2.04. The van der Waals surface area contributed by atoms with Gasteiger partial charge in [0.15, 0.2) is 0 Å². The predicted molar refractivity (Wildman–Crippen MR) is 88.3 cm³/mol. The van der Waals surface area contributed by atoms with Crippen LogP contribution in [0.2, 0.25) is 0 Å². The zero-order chi connectivity index (χ0) is 15.9. The van der Waals surface area contributed by atoms with E-state index in [1.54, 1.807) is 31.2 Å². The highest BCUT2D eigenvalue weighted by Gasteiger charge is 2.23. The fourth-order valence-electron chi connectivity index (χ4n) is 1.98. The summed E-state index contributed by atoms with van der Waals surface area (Å²) in [6.07, 6.45) is 0. The van der Waals surface area contributed by atoms with Crippen molar-refractivity contribution >= 4 is 23.6 Å². The molecule has 0 saturated carbocycles. The zero-order valence-electron chi connectivity index (χ0n) is 12.2. The van der Waals surface area contributed by atoms with Gasteiger partial charge in [0.2, 0.25) is 11.8 Å². The first kappa shape index (κ1) is 16.1. The number of amides is 2. The van der Waals surface area contributed by atoms with Gasteiger partial charge in [-0.15, -0.1) is 11.8 Å². The van der Waals surface area contributed by atoms with Crippen molar-refractivity contribution in [2.45, 2.75) is 23.1 Å². The molecule has 2 atom stereocenters. The van der Waals surface area contributed by atoms with Gasteiger partial charge in [-0.05, 0) is 24.6 Å². The van der Waals surface area contributed by atoms with Gasteiger partial charge >= 0.3 is 0 Å². The third-order valence-electron chi connectivity index (χ3n) is 3.13. The molecule has 22 heavy (non-hydrogen) atoms. The molecule has 2 rings (SSSR count). The number of hydrogen-bond donors (Lipinski definition) is 2. The molecular formula is C17H18N2O2S. The van der Waals surface area contributed by atoms with Gasteiger partial charge in [-0.25, -0.2) is 0 Å². The van der Waals surface area contributed by atoms with E-state index in [-0.39, 0.29) is 11.2 Å². The minimum atomic E-state index is -0.812. The SMILES string of the molecule is C[C@H](Sc1ccccc1)C(=O)N[C@H](C(N)=O)c1ccccc1. The van der Waals surface area contributed by atoms with Crippen LogP contribution in [0.25, 0.3) is 0 Å². The molecule has 0 fully saturated rings. The quantitative estimate of drug-likeness (QED) is 0.805. The van der Waals surface area contributed by atoms with E-state index in [0.29, 0.717) is 5.56 Å². The average molecular weight is 314 g/mol. The summed E-state index contributed by atoms with van der Waals surface area (Å²) in [6, 6.07) is 17.8. The van der Waals surface area contributed by atoms with Crippen LogP contribution in [-0.4, -0.2) is 17.1 Å².